The summed E-state index contributed by atoms with van der Waals surface area (Å²) < 4.78 is 0. The maximum atomic E-state index is 12.2. The molecule has 2 aliphatic carbocycles. The van der Waals surface area contributed by atoms with Gasteiger partial charge < -0.3 is 5.11 Å². The van der Waals surface area contributed by atoms with Crippen LogP contribution in [0.2, 0.25) is 0 Å². The van der Waals surface area contributed by atoms with E-state index in [1.54, 1.807) is 6.08 Å². The minimum absolute atomic E-state index is 0.274. The van der Waals surface area contributed by atoms with E-state index in [1.807, 2.05) is 0 Å². The third-order valence-electron chi connectivity index (χ3n) is 4.33. The van der Waals surface area contributed by atoms with Crippen LogP contribution in [0.15, 0.2) is 12.7 Å². The van der Waals surface area contributed by atoms with Gasteiger partial charge in [0, 0.05) is 6.42 Å². The highest BCUT2D eigenvalue weighted by Gasteiger charge is 2.55. The molecule has 1 N–H and O–H groups in total. The first kappa shape index (κ1) is 10.9. The number of Topliss-reactive ketones (excluding diaryl/α,β-unsaturated/α-hetero) is 1. The van der Waals surface area contributed by atoms with Gasteiger partial charge in [0.05, 0.1) is 11.5 Å². The van der Waals surface area contributed by atoms with Gasteiger partial charge in [-0.2, -0.15) is 0 Å². The van der Waals surface area contributed by atoms with E-state index < -0.39 is 11.5 Å². The summed E-state index contributed by atoms with van der Waals surface area (Å²) in [5.41, 5.74) is -0.464. The Balaban J connectivity index is 2.33. The highest BCUT2D eigenvalue weighted by molar-refractivity contribution is 5.87. The molecule has 4 atom stereocenters. The summed E-state index contributed by atoms with van der Waals surface area (Å²) in [5, 5.41) is 10.1. The Morgan fingerprint density at radius 3 is 3.00 bits per heavy atom. The van der Waals surface area contributed by atoms with Gasteiger partial charge in [-0.05, 0) is 37.5 Å². The van der Waals surface area contributed by atoms with Crippen LogP contribution in [0.4, 0.5) is 0 Å². The average Bonchev–Trinajstić information content (AvgIpc) is 2.47. The molecule has 0 aliphatic heterocycles. The molecule has 0 unspecified atom stereocenters. The van der Waals surface area contributed by atoms with E-state index in [-0.39, 0.29) is 5.78 Å². The molecule has 0 heterocycles. The third kappa shape index (κ3) is 1.46. The number of hydrogen-bond acceptors (Lipinski definition) is 2. The van der Waals surface area contributed by atoms with Gasteiger partial charge in [-0.1, -0.05) is 13.0 Å². The van der Waals surface area contributed by atoms with Crippen molar-refractivity contribution in [2.24, 2.45) is 17.3 Å². The van der Waals surface area contributed by atoms with Crippen molar-refractivity contribution in [3.8, 4) is 0 Å². The van der Waals surface area contributed by atoms with Crippen LogP contribution in [0, 0.1) is 17.3 Å². The topological polar surface area (TPSA) is 37.3 Å². The molecular weight excluding hydrogens is 188 g/mol. The molecule has 0 saturated heterocycles. The summed E-state index contributed by atoms with van der Waals surface area (Å²) in [7, 11) is 0. The Labute approximate surface area is 91.4 Å². The normalized spacial score (nSPS) is 45.2. The van der Waals surface area contributed by atoms with Crippen LogP contribution >= 0.6 is 0 Å². The quantitative estimate of drug-likeness (QED) is 0.707. The molecule has 2 nitrogen and oxygen atoms in total. The smallest absolute Gasteiger partial charge is 0.142 e. The molecule has 2 rings (SSSR count). The number of carbonyl (C=O) groups is 1. The number of fused-ring (bicyclic) bond motifs is 1. The van der Waals surface area contributed by atoms with Crippen LogP contribution in [0.25, 0.3) is 0 Å². The molecule has 0 aromatic rings. The molecule has 0 spiro atoms. The van der Waals surface area contributed by atoms with Crippen molar-refractivity contribution in [3.63, 3.8) is 0 Å². The average molecular weight is 208 g/mol. The number of rotatable bonds is 2. The van der Waals surface area contributed by atoms with Crippen molar-refractivity contribution in [1.29, 1.82) is 0 Å². The molecule has 0 amide bonds. The minimum Gasteiger partial charge on any atom is -0.392 e. The maximum Gasteiger partial charge on any atom is 0.142 e. The first-order valence-corrected chi connectivity index (χ1v) is 5.93. The minimum atomic E-state index is -0.464. The lowest BCUT2D eigenvalue weighted by molar-refractivity contribution is -0.142. The fourth-order valence-electron chi connectivity index (χ4n) is 3.62. The van der Waals surface area contributed by atoms with E-state index >= 15 is 0 Å². The summed E-state index contributed by atoms with van der Waals surface area (Å²) >= 11 is 0. The number of carbonyl (C=O) groups excluding carboxylic acids is 1. The summed E-state index contributed by atoms with van der Waals surface area (Å²) in [6, 6.07) is 0. The second-order valence-electron chi connectivity index (χ2n) is 5.29. The maximum absolute atomic E-state index is 12.2. The van der Waals surface area contributed by atoms with Crippen molar-refractivity contribution in [2.75, 3.05) is 0 Å². The van der Waals surface area contributed by atoms with Crippen molar-refractivity contribution in [2.45, 2.75) is 45.1 Å². The Bertz CT molecular complexity index is 284. The molecule has 2 aliphatic rings. The first-order chi connectivity index (χ1) is 7.11. The molecule has 0 aromatic heterocycles. The lowest BCUT2D eigenvalue weighted by Gasteiger charge is -2.41. The zero-order valence-electron chi connectivity index (χ0n) is 9.41. The zero-order valence-corrected chi connectivity index (χ0v) is 9.41. The number of aliphatic hydroxyl groups is 1. The molecule has 15 heavy (non-hydrogen) atoms. The number of aliphatic hydroxyl groups excluding tert-OH is 1. The zero-order chi connectivity index (χ0) is 11.1. The van der Waals surface area contributed by atoms with E-state index in [0.29, 0.717) is 24.7 Å². The molecule has 0 bridgehead atoms. The third-order valence-corrected chi connectivity index (χ3v) is 4.33. The lowest BCUT2D eigenvalue weighted by Crippen LogP contribution is -2.47. The fourth-order valence-corrected chi connectivity index (χ4v) is 3.62. The Kier molecular flexibility index (Phi) is 2.72. The lowest BCUT2D eigenvalue weighted by atomic mass is 9.62. The standard InChI is InChI=1S/C13H20O2/c1-3-6-13-10(4-5-11(13)14)7-9(2)8-12(13)15/h3,9-11,14H,1,4-8H2,2H3/t9-,10-,11+,13+/m1/s1. The van der Waals surface area contributed by atoms with E-state index in [1.165, 1.54) is 0 Å². The van der Waals surface area contributed by atoms with Gasteiger partial charge in [0.15, 0.2) is 0 Å². The van der Waals surface area contributed by atoms with E-state index in [0.717, 1.165) is 19.3 Å². The number of allylic oxidation sites excluding steroid dienone is 1. The molecule has 0 radical (unpaired) electrons. The predicted molar refractivity (Wildman–Crippen MR) is 59.4 cm³/mol. The first-order valence-electron chi connectivity index (χ1n) is 5.93. The summed E-state index contributed by atoms with van der Waals surface area (Å²) in [6.45, 7) is 5.87. The predicted octanol–water partition coefficient (Wildman–Crippen LogP) is 2.32. The summed E-state index contributed by atoms with van der Waals surface area (Å²) in [4.78, 5) is 12.2. The van der Waals surface area contributed by atoms with Gasteiger partial charge in [0.1, 0.15) is 5.78 Å². The van der Waals surface area contributed by atoms with Crippen LogP contribution in [-0.2, 0) is 4.79 Å². The van der Waals surface area contributed by atoms with Crippen LogP contribution in [0.1, 0.15) is 39.0 Å². The van der Waals surface area contributed by atoms with Gasteiger partial charge >= 0.3 is 0 Å². The number of ketones is 1. The Morgan fingerprint density at radius 2 is 2.33 bits per heavy atom. The highest BCUT2D eigenvalue weighted by Crippen LogP contribution is 2.53. The van der Waals surface area contributed by atoms with Crippen molar-refractivity contribution in [3.05, 3.63) is 12.7 Å². The van der Waals surface area contributed by atoms with Gasteiger partial charge in [-0.25, -0.2) is 0 Å². The summed E-state index contributed by atoms with van der Waals surface area (Å²) in [5.74, 6) is 1.16. The molecule has 2 saturated carbocycles. The monoisotopic (exact) mass is 208 g/mol. The molecule has 84 valence electrons. The SMILES string of the molecule is C=CC[C@]12C(=O)C[C@H](C)C[C@H]1CC[C@@H]2O. The van der Waals surface area contributed by atoms with Crippen LogP contribution in [0.5, 0.6) is 0 Å². The second-order valence-corrected chi connectivity index (χ2v) is 5.29. The highest BCUT2D eigenvalue weighted by atomic mass is 16.3. The van der Waals surface area contributed by atoms with Crippen molar-refractivity contribution < 1.29 is 9.90 Å². The van der Waals surface area contributed by atoms with Gasteiger partial charge in [0.25, 0.3) is 0 Å². The van der Waals surface area contributed by atoms with Crippen LogP contribution in [-0.4, -0.2) is 17.0 Å². The van der Waals surface area contributed by atoms with Gasteiger partial charge in [-0.3, -0.25) is 4.79 Å². The van der Waals surface area contributed by atoms with Crippen molar-refractivity contribution >= 4 is 5.78 Å². The fraction of sp³-hybridized carbons (Fsp3) is 0.769. The van der Waals surface area contributed by atoms with E-state index in [4.69, 9.17) is 0 Å². The Morgan fingerprint density at radius 1 is 1.60 bits per heavy atom. The molecular formula is C13H20O2. The van der Waals surface area contributed by atoms with Crippen LogP contribution in [0.3, 0.4) is 0 Å². The largest absolute Gasteiger partial charge is 0.392 e. The molecule has 2 heteroatoms. The number of hydrogen-bond donors (Lipinski definition) is 1. The van der Waals surface area contributed by atoms with Crippen molar-refractivity contribution in [1.82, 2.24) is 0 Å². The van der Waals surface area contributed by atoms with E-state index in [9.17, 15) is 9.90 Å². The van der Waals surface area contributed by atoms with Gasteiger partial charge in [-0.15, -0.1) is 6.58 Å². The molecule has 2 fully saturated rings. The van der Waals surface area contributed by atoms with Gasteiger partial charge in [0.2, 0.25) is 0 Å². The Hall–Kier alpha value is -0.630. The second kappa shape index (κ2) is 3.75. The molecule has 0 aromatic carbocycles. The van der Waals surface area contributed by atoms with Crippen LogP contribution < -0.4 is 0 Å². The van der Waals surface area contributed by atoms with E-state index in [2.05, 4.69) is 13.5 Å². The summed E-state index contributed by atoms with van der Waals surface area (Å²) in [6.07, 6.45) is 5.56.